The van der Waals surface area contributed by atoms with Gasteiger partial charge in [-0.2, -0.15) is 5.26 Å². The minimum Gasteiger partial charge on any atom is -0.364 e. The van der Waals surface area contributed by atoms with Crippen LogP contribution in [0.1, 0.15) is 24.0 Å². The Bertz CT molecular complexity index is 723. The molecule has 1 N–H and O–H groups in total. The second kappa shape index (κ2) is 5.71. The number of fused-ring (bicyclic) bond motifs is 1. The zero-order valence-electron chi connectivity index (χ0n) is 11.4. The highest BCUT2D eigenvalue weighted by Gasteiger charge is 2.36. The maximum absolute atomic E-state index is 9.82. The Balaban J connectivity index is 2.02. The monoisotopic (exact) mass is 360 g/mol. The maximum Gasteiger partial charge on any atom is 0.151 e. The quantitative estimate of drug-likeness (QED) is 0.791. The molecule has 1 aliphatic carbocycles. The average molecular weight is 362 g/mol. The molecule has 0 aromatic heterocycles. The number of rotatable bonds is 2. The molecule has 0 bridgehead atoms. The summed E-state index contributed by atoms with van der Waals surface area (Å²) in [6.07, 6.45) is 2.85. The molecule has 0 saturated heterocycles. The van der Waals surface area contributed by atoms with E-state index < -0.39 is 5.54 Å². The van der Waals surface area contributed by atoms with Crippen molar-refractivity contribution in [3.05, 3.63) is 63.1 Å². The summed E-state index contributed by atoms with van der Waals surface area (Å²) in [7, 11) is 0. The summed E-state index contributed by atoms with van der Waals surface area (Å²) >= 11 is 9.46. The number of nitrogens with one attached hydrogen (secondary N) is 1. The van der Waals surface area contributed by atoms with Crippen LogP contribution in [0.3, 0.4) is 0 Å². The molecule has 1 atom stereocenters. The molecule has 1 aliphatic rings. The van der Waals surface area contributed by atoms with Crippen molar-refractivity contribution in [3.8, 4) is 6.07 Å². The molecule has 4 heteroatoms. The van der Waals surface area contributed by atoms with Crippen molar-refractivity contribution in [3.63, 3.8) is 0 Å². The lowest BCUT2D eigenvalue weighted by atomic mass is 9.77. The number of anilines is 1. The molecule has 2 nitrogen and oxygen atoms in total. The van der Waals surface area contributed by atoms with Crippen molar-refractivity contribution < 1.29 is 0 Å². The normalized spacial score (nSPS) is 20.4. The number of aryl methyl sites for hydroxylation is 1. The molecule has 3 rings (SSSR count). The topological polar surface area (TPSA) is 35.8 Å². The van der Waals surface area contributed by atoms with E-state index in [0.717, 1.165) is 35.0 Å². The van der Waals surface area contributed by atoms with Crippen molar-refractivity contribution in [2.45, 2.75) is 24.8 Å². The fourth-order valence-corrected chi connectivity index (χ4v) is 3.42. The van der Waals surface area contributed by atoms with Crippen LogP contribution in [0, 0.1) is 11.3 Å². The fourth-order valence-electron chi connectivity index (χ4n) is 2.93. The van der Waals surface area contributed by atoms with Gasteiger partial charge in [-0.05, 0) is 64.5 Å². The van der Waals surface area contributed by atoms with E-state index in [2.05, 4.69) is 39.4 Å². The summed E-state index contributed by atoms with van der Waals surface area (Å²) in [5, 5.41) is 13.9. The predicted octanol–water partition coefficient (Wildman–Crippen LogP) is 5.27. The molecular formula is C17H14BrClN2. The first-order valence-corrected chi connectivity index (χ1v) is 8.05. The lowest BCUT2D eigenvalue weighted by molar-refractivity contribution is 0.504. The van der Waals surface area contributed by atoms with Crippen LogP contribution in [-0.2, 0) is 12.0 Å². The van der Waals surface area contributed by atoms with Gasteiger partial charge in [-0.3, -0.25) is 0 Å². The van der Waals surface area contributed by atoms with Crippen LogP contribution in [-0.4, -0.2) is 0 Å². The first-order valence-electron chi connectivity index (χ1n) is 6.87. The van der Waals surface area contributed by atoms with Gasteiger partial charge in [0.05, 0.1) is 11.1 Å². The largest absolute Gasteiger partial charge is 0.364 e. The van der Waals surface area contributed by atoms with Crippen LogP contribution in [0.4, 0.5) is 5.69 Å². The summed E-state index contributed by atoms with van der Waals surface area (Å²) in [4.78, 5) is 0. The van der Waals surface area contributed by atoms with E-state index in [1.165, 1.54) is 5.56 Å². The van der Waals surface area contributed by atoms with Gasteiger partial charge in [0.1, 0.15) is 0 Å². The van der Waals surface area contributed by atoms with Crippen LogP contribution < -0.4 is 5.32 Å². The molecule has 0 radical (unpaired) electrons. The van der Waals surface area contributed by atoms with E-state index in [-0.39, 0.29) is 0 Å². The van der Waals surface area contributed by atoms with E-state index in [0.29, 0.717) is 5.02 Å². The Morgan fingerprint density at radius 3 is 2.81 bits per heavy atom. The van der Waals surface area contributed by atoms with Crippen molar-refractivity contribution >= 4 is 33.2 Å². The number of nitrogens with zero attached hydrogens (tertiary/aromatic N) is 1. The zero-order valence-corrected chi connectivity index (χ0v) is 13.7. The molecule has 1 unspecified atom stereocenters. The number of hydrogen-bond acceptors (Lipinski definition) is 2. The van der Waals surface area contributed by atoms with Gasteiger partial charge >= 0.3 is 0 Å². The molecule has 0 saturated carbocycles. The Morgan fingerprint density at radius 2 is 2.05 bits per heavy atom. The van der Waals surface area contributed by atoms with Crippen molar-refractivity contribution in [1.82, 2.24) is 0 Å². The highest BCUT2D eigenvalue weighted by atomic mass is 79.9. The van der Waals surface area contributed by atoms with Gasteiger partial charge in [0.2, 0.25) is 0 Å². The van der Waals surface area contributed by atoms with Crippen LogP contribution in [0.5, 0.6) is 0 Å². The highest BCUT2D eigenvalue weighted by Crippen LogP contribution is 2.38. The molecule has 2 aromatic carbocycles. The molecule has 2 aromatic rings. The summed E-state index contributed by atoms with van der Waals surface area (Å²) in [6, 6.07) is 16.3. The predicted molar refractivity (Wildman–Crippen MR) is 89.4 cm³/mol. The zero-order chi connectivity index (χ0) is 14.9. The minimum absolute atomic E-state index is 0.663. The van der Waals surface area contributed by atoms with E-state index in [1.54, 1.807) is 0 Å². The van der Waals surface area contributed by atoms with Crippen LogP contribution in [0.2, 0.25) is 5.02 Å². The lowest BCUT2D eigenvalue weighted by Crippen LogP contribution is -2.37. The standard InChI is InChI=1S/C17H14BrClN2/c18-15-10-13(7-8-16(15)19)21-17(11-20)9-3-5-12-4-1-2-6-14(12)17/h1-2,4,6-8,10,21H,3,5,9H2. The van der Waals surface area contributed by atoms with E-state index >= 15 is 0 Å². The van der Waals surface area contributed by atoms with Gasteiger partial charge in [-0.1, -0.05) is 35.9 Å². The Kier molecular flexibility index (Phi) is 3.93. The van der Waals surface area contributed by atoms with Gasteiger partial charge in [-0.15, -0.1) is 0 Å². The van der Waals surface area contributed by atoms with E-state index in [4.69, 9.17) is 11.6 Å². The molecule has 0 spiro atoms. The smallest absolute Gasteiger partial charge is 0.151 e. The number of hydrogen-bond donors (Lipinski definition) is 1. The van der Waals surface area contributed by atoms with Crippen molar-refractivity contribution in [2.75, 3.05) is 5.32 Å². The molecular weight excluding hydrogens is 348 g/mol. The van der Waals surface area contributed by atoms with E-state index in [1.807, 2.05) is 30.3 Å². The third kappa shape index (κ3) is 2.66. The first-order chi connectivity index (χ1) is 10.1. The summed E-state index contributed by atoms with van der Waals surface area (Å²) < 4.78 is 0.825. The fraction of sp³-hybridized carbons (Fsp3) is 0.235. The third-order valence-corrected chi connectivity index (χ3v) is 5.16. The van der Waals surface area contributed by atoms with Gasteiger partial charge in [0.15, 0.2) is 5.54 Å². The average Bonchev–Trinajstić information content (AvgIpc) is 2.51. The van der Waals surface area contributed by atoms with Crippen LogP contribution >= 0.6 is 27.5 Å². The maximum atomic E-state index is 9.82. The van der Waals surface area contributed by atoms with Gasteiger partial charge in [0.25, 0.3) is 0 Å². The van der Waals surface area contributed by atoms with Crippen LogP contribution in [0.25, 0.3) is 0 Å². The van der Waals surface area contributed by atoms with Gasteiger partial charge in [0, 0.05) is 10.2 Å². The Hall–Kier alpha value is -1.50. The SMILES string of the molecule is N#CC1(Nc2ccc(Cl)c(Br)c2)CCCc2ccccc21. The summed E-state index contributed by atoms with van der Waals surface area (Å²) in [6.45, 7) is 0. The van der Waals surface area contributed by atoms with Gasteiger partial charge in [-0.25, -0.2) is 0 Å². The number of nitriles is 1. The molecule has 0 amide bonds. The molecule has 0 aliphatic heterocycles. The van der Waals surface area contributed by atoms with E-state index in [9.17, 15) is 5.26 Å². The number of halogens is 2. The minimum atomic E-state index is -0.665. The first kappa shape index (κ1) is 14.4. The third-order valence-electron chi connectivity index (χ3n) is 3.94. The van der Waals surface area contributed by atoms with Gasteiger partial charge < -0.3 is 5.32 Å². The summed E-state index contributed by atoms with van der Waals surface area (Å²) in [5.74, 6) is 0. The Labute approximate surface area is 137 Å². The molecule has 0 heterocycles. The number of benzene rings is 2. The second-order valence-corrected chi connectivity index (χ2v) is 6.54. The van der Waals surface area contributed by atoms with Crippen molar-refractivity contribution in [2.24, 2.45) is 0 Å². The highest BCUT2D eigenvalue weighted by molar-refractivity contribution is 9.10. The lowest BCUT2D eigenvalue weighted by Gasteiger charge is -2.35. The van der Waals surface area contributed by atoms with Crippen molar-refractivity contribution in [1.29, 1.82) is 5.26 Å². The molecule has 106 valence electrons. The summed E-state index contributed by atoms with van der Waals surface area (Å²) in [5.41, 5.74) is 2.57. The molecule has 0 fully saturated rings. The molecule has 21 heavy (non-hydrogen) atoms. The second-order valence-electron chi connectivity index (χ2n) is 5.28. The Morgan fingerprint density at radius 1 is 1.24 bits per heavy atom. The van der Waals surface area contributed by atoms with Crippen LogP contribution in [0.15, 0.2) is 46.9 Å².